The van der Waals surface area contributed by atoms with Crippen LogP contribution in [0.15, 0.2) is 246 Å². The number of aliphatic hydroxyl groups excluding tert-OH is 1. The summed E-state index contributed by atoms with van der Waals surface area (Å²) in [6.45, 7) is 4.80. The number of amides is 6. The van der Waals surface area contributed by atoms with Gasteiger partial charge >= 0.3 is 24.5 Å². The zero-order valence-corrected chi connectivity index (χ0v) is 87.4. The zero-order valence-electron chi connectivity index (χ0n) is 77.1. The van der Waals surface area contributed by atoms with Gasteiger partial charge in [-0.25, -0.2) is 21.1 Å². The number of benzene rings is 11. The number of carbonyl (C=O) groups is 8. The Hall–Kier alpha value is -12.5. The van der Waals surface area contributed by atoms with E-state index in [2.05, 4.69) is 158 Å². The number of aromatic carboxylic acids is 1. The molecule has 0 aliphatic carbocycles. The molecule has 11 aromatic carbocycles. The Balaban J connectivity index is 0.000000204. The van der Waals surface area contributed by atoms with Gasteiger partial charge in [0.2, 0.25) is 0 Å². The lowest BCUT2D eigenvalue weighted by atomic mass is 10.1. The number of rotatable bonds is 24. The molecule has 762 valence electrons. The molecule has 3 saturated heterocycles. The summed E-state index contributed by atoms with van der Waals surface area (Å²) < 4.78 is 148. The van der Waals surface area contributed by atoms with E-state index in [-0.39, 0.29) is 81.5 Å². The summed E-state index contributed by atoms with van der Waals surface area (Å²) in [5, 5.41) is 35.5. The zero-order chi connectivity index (χ0) is 106. The molecule has 0 unspecified atom stereocenters. The van der Waals surface area contributed by atoms with E-state index in [1.165, 1.54) is 18.2 Å². The lowest BCUT2D eigenvalue weighted by Gasteiger charge is -2.29. The molecule has 42 heteroatoms. The van der Waals surface area contributed by atoms with Crippen LogP contribution in [0.3, 0.4) is 0 Å². The Kier molecular flexibility index (Phi) is 44.2. The number of carboxylic acids is 1. The van der Waals surface area contributed by atoms with Crippen molar-refractivity contribution in [3.8, 4) is 23.7 Å². The van der Waals surface area contributed by atoms with Crippen molar-refractivity contribution in [1.29, 1.82) is 0 Å². The number of hydrogen-bond donors (Lipinski definition) is 8. The van der Waals surface area contributed by atoms with E-state index in [4.69, 9.17) is 56.6 Å². The maximum atomic E-state index is 13.3. The molecule has 3 aliphatic rings. The summed E-state index contributed by atoms with van der Waals surface area (Å²) in [5.74, 6) is 7.12. The fourth-order valence-corrected chi connectivity index (χ4v) is 17.1. The first-order valence-corrected chi connectivity index (χ1v) is 51.1. The SMILES string of the molecule is CS(=O)(=O)OCCC#Cc1cccc(C(=O)Nc2ccc(N3CCCCC3)cc2C(=O)N/N=C/c2ccc(Cl)c(C(F)(F)F)c2)c1.O=C(Cl)c1cccc(I)c1.O=C(Nc1ccc(N2CCCCC2)cc1C(=O)N/N=C/c1ccc(Cl)c(C(F)(F)F)c1)c1cccc(C#CCCO)c1.O=C(Nc1ccc(N2CCCCC2)cc1C(=O)N/N=C/c1ccc(Cl)c(C(F)(F)F)c1)c1cccc(I)c1.O=C(O)c1cccc(I)c1. The molecular formula is C104H90Cl4F9I3N12O13S. The molecule has 6 amide bonds. The molecule has 0 spiro atoms. The largest absolute Gasteiger partial charge is 0.478 e. The van der Waals surface area contributed by atoms with Crippen LogP contribution < -0.4 is 46.9 Å². The van der Waals surface area contributed by atoms with Crippen LogP contribution in [0.4, 0.5) is 73.6 Å². The predicted molar refractivity (Wildman–Crippen MR) is 574 cm³/mol. The van der Waals surface area contributed by atoms with Crippen LogP contribution in [0.2, 0.25) is 15.1 Å². The van der Waals surface area contributed by atoms with Crippen LogP contribution in [0.5, 0.6) is 0 Å². The standard InChI is InChI=1S/C32H30ClF3N4O5S.C31H28ClF3N4O3.C27H23ClF3IN4O2.C7H4ClIO.C7H5IO2/c1-46(43,44)45-17-6-3-8-22-9-7-10-24(18-22)30(41)38-29-14-12-25(40-15-4-2-5-16-40)20-26(29)31(42)39-37-21-23-11-13-28(33)27(19-23)32(34,35)36;32-27-12-10-22(18-26(27)31(33,34)35)20-36-38-30(42)25-19-24(39-14-3-1-4-15-39)11-13-28(25)37-29(41)23-9-6-8-21(17-23)7-2-5-16-40;28-23-9-7-17(13-22(23)27(29,30)31)16-33-35-26(38)21-15-20(36-11-2-1-3-12-36)8-10-24(21)34-25(37)18-5-4-6-19(32)14-18;8-7(10)5-2-1-3-6(9)4-5;8-6-3-1-2-5(4-6)7(9)10/h7,9-14,18-21H,2,4-6,15-17H2,1H3,(H,38,41)(H,39,42);6,8-13,17-20,40H,1,3-5,14-16H2,(H,37,41)(H,38,42);4-10,13-16H,1-3,11-12H2,(H,34,37)(H,35,38);1-4H;1-4H,(H,9,10)/b37-21+;36-20+;33-16+;;. The van der Waals surface area contributed by atoms with Gasteiger partial charge in [-0.1, -0.05) is 113 Å². The number of anilines is 6. The fraction of sp³-hybridized carbons (Fsp3) is 0.221. The van der Waals surface area contributed by atoms with Gasteiger partial charge in [0, 0.05) is 113 Å². The summed E-state index contributed by atoms with van der Waals surface area (Å²) in [6.07, 6.45) is 0.213. The normalized spacial score (nSPS) is 13.1. The summed E-state index contributed by atoms with van der Waals surface area (Å²) in [5.41, 5.74) is 10.8. The summed E-state index contributed by atoms with van der Waals surface area (Å²) in [4.78, 5) is 106. The monoisotopic (exact) mass is 2440 g/mol. The third-order valence-corrected chi connectivity index (χ3v) is 25.2. The van der Waals surface area contributed by atoms with Crippen molar-refractivity contribution < 1.29 is 101 Å². The van der Waals surface area contributed by atoms with Gasteiger partial charge in [-0.3, -0.25) is 37.7 Å². The first-order valence-electron chi connectivity index (χ1n) is 44.5. The number of aliphatic hydroxyl groups is 1. The van der Waals surface area contributed by atoms with Crippen molar-refractivity contribution in [3.05, 3.63) is 345 Å². The Morgan fingerprint density at radius 3 is 0.993 bits per heavy atom. The van der Waals surface area contributed by atoms with Crippen molar-refractivity contribution >= 4 is 224 Å². The summed E-state index contributed by atoms with van der Waals surface area (Å²) in [7, 11) is -3.56. The smallest absolute Gasteiger partial charge is 0.417 e. The summed E-state index contributed by atoms with van der Waals surface area (Å²) in [6, 6.07) is 59.3. The van der Waals surface area contributed by atoms with Crippen molar-refractivity contribution in [2.24, 2.45) is 15.3 Å². The van der Waals surface area contributed by atoms with Gasteiger partial charge < -0.3 is 40.9 Å². The minimum absolute atomic E-state index is 0.0657. The first-order chi connectivity index (χ1) is 69.5. The van der Waals surface area contributed by atoms with E-state index in [1.54, 1.807) is 146 Å². The Morgan fingerprint density at radius 1 is 0.397 bits per heavy atom. The number of piperidine rings is 3. The molecule has 0 atom stereocenters. The fourth-order valence-electron chi connectivity index (χ4n) is 14.3. The molecule has 3 aliphatic heterocycles. The highest BCUT2D eigenvalue weighted by Gasteiger charge is 2.36. The second kappa shape index (κ2) is 55.9. The maximum absolute atomic E-state index is 13.3. The number of carboxylic acid groups (broad SMARTS) is 1. The molecule has 3 heterocycles. The Bertz CT molecular complexity index is 6870. The third kappa shape index (κ3) is 37.2. The Morgan fingerprint density at radius 2 is 0.699 bits per heavy atom. The number of halogens is 16. The second-order valence-corrected chi connectivity index (χ2v) is 39.1. The molecular weight excluding hydrogens is 2350 g/mol. The molecule has 0 saturated carbocycles. The van der Waals surface area contributed by atoms with Crippen LogP contribution in [-0.2, 0) is 32.8 Å². The van der Waals surface area contributed by atoms with E-state index in [1.807, 2.05) is 30.3 Å². The number of hydrogen-bond acceptors (Lipinski definition) is 18. The number of nitrogens with zero attached hydrogens (tertiary/aromatic N) is 6. The molecule has 0 aromatic heterocycles. The quantitative estimate of drug-likeness (QED) is 0.00407. The van der Waals surface area contributed by atoms with Gasteiger partial charge in [-0.15, -0.1) is 0 Å². The lowest BCUT2D eigenvalue weighted by molar-refractivity contribution is -0.138. The highest BCUT2D eigenvalue weighted by molar-refractivity contribution is 14.1. The van der Waals surface area contributed by atoms with E-state index in [0.29, 0.717) is 39.8 Å². The van der Waals surface area contributed by atoms with Gasteiger partial charge in [-0.2, -0.15) is 63.2 Å². The number of hydrazone groups is 3. The van der Waals surface area contributed by atoms with Gasteiger partial charge in [-0.05, 0) is 330 Å². The van der Waals surface area contributed by atoms with Crippen molar-refractivity contribution in [2.45, 2.75) is 89.2 Å². The highest BCUT2D eigenvalue weighted by Crippen LogP contribution is 2.39. The van der Waals surface area contributed by atoms with Gasteiger partial charge in [0.1, 0.15) is 0 Å². The van der Waals surface area contributed by atoms with E-state index >= 15 is 0 Å². The molecule has 146 heavy (non-hydrogen) atoms. The molecule has 3 fully saturated rings. The minimum Gasteiger partial charge on any atom is -0.478 e. The van der Waals surface area contributed by atoms with Crippen molar-refractivity contribution in [1.82, 2.24) is 16.3 Å². The van der Waals surface area contributed by atoms with Crippen LogP contribution in [0.1, 0.15) is 198 Å². The molecule has 25 nitrogen and oxygen atoms in total. The van der Waals surface area contributed by atoms with Crippen LogP contribution in [0.25, 0.3) is 0 Å². The van der Waals surface area contributed by atoms with Gasteiger partial charge in [0.25, 0.3) is 50.8 Å². The second-order valence-electron chi connectivity index (χ2n) is 32.1. The molecule has 14 rings (SSSR count). The van der Waals surface area contributed by atoms with Gasteiger partial charge in [0.05, 0.1) is 109 Å². The minimum atomic E-state index is -4.66. The summed E-state index contributed by atoms with van der Waals surface area (Å²) >= 11 is 28.6. The molecule has 8 N–H and O–H groups in total. The predicted octanol–water partition coefficient (Wildman–Crippen LogP) is 23.8. The number of nitrogens with one attached hydrogen (secondary N) is 6. The lowest BCUT2D eigenvalue weighted by Crippen LogP contribution is -2.30. The number of carbonyl (C=O) groups excluding carboxylic acids is 7. The van der Waals surface area contributed by atoms with Crippen LogP contribution in [0, 0.1) is 34.4 Å². The van der Waals surface area contributed by atoms with Crippen LogP contribution in [-0.4, -0.2) is 143 Å². The molecule has 0 radical (unpaired) electrons. The third-order valence-electron chi connectivity index (χ3n) is 21.4. The van der Waals surface area contributed by atoms with E-state index in [0.717, 1.165) is 186 Å². The van der Waals surface area contributed by atoms with E-state index < -0.39 is 101 Å². The van der Waals surface area contributed by atoms with Crippen molar-refractivity contribution in [3.63, 3.8) is 0 Å². The molecule has 0 bridgehead atoms. The Labute approximate surface area is 895 Å². The highest BCUT2D eigenvalue weighted by atomic mass is 127. The topological polar surface area (TPSA) is 339 Å². The molecule has 11 aromatic rings. The average Bonchev–Trinajstić information content (AvgIpc) is 0.812. The average molecular weight is 2440 g/mol. The van der Waals surface area contributed by atoms with Crippen molar-refractivity contribution in [2.75, 3.05) is 89.4 Å². The first kappa shape index (κ1) is 115. The maximum Gasteiger partial charge on any atom is 0.417 e. The van der Waals surface area contributed by atoms with Gasteiger partial charge in [0.15, 0.2) is 0 Å². The van der Waals surface area contributed by atoms with E-state index in [9.17, 15) is 86.3 Å². The number of alkyl halides is 9. The van der Waals surface area contributed by atoms with Crippen LogP contribution >= 0.6 is 114 Å².